The molecule has 0 radical (unpaired) electrons. The van der Waals surface area contributed by atoms with Crippen molar-refractivity contribution in [3.8, 4) is 0 Å². The van der Waals surface area contributed by atoms with Crippen molar-refractivity contribution < 1.29 is 4.79 Å². The van der Waals surface area contributed by atoms with Gasteiger partial charge in [-0.2, -0.15) is 11.8 Å². The quantitative estimate of drug-likeness (QED) is 0.784. The zero-order valence-electron chi connectivity index (χ0n) is 14.9. The summed E-state index contributed by atoms with van der Waals surface area (Å²) in [5.74, 6) is 0.631. The number of carbonyl (C=O) groups is 1. The molecule has 1 amide bonds. The summed E-state index contributed by atoms with van der Waals surface area (Å²) in [5, 5.41) is 3.28. The van der Waals surface area contributed by atoms with Crippen LogP contribution in [0.3, 0.4) is 0 Å². The molecular formula is C17H23N5O2S2. The van der Waals surface area contributed by atoms with Gasteiger partial charge < -0.3 is 4.98 Å². The Balaban J connectivity index is 1.65. The SMILES string of the molecule is CSCc1nc(C(=O)Nc2ncc(CN3CCCCC3C)s2)cc(=O)[nH]1. The van der Waals surface area contributed by atoms with Crippen LogP contribution in [0.2, 0.25) is 0 Å². The molecule has 26 heavy (non-hydrogen) atoms. The number of anilines is 1. The van der Waals surface area contributed by atoms with Crippen molar-refractivity contribution in [1.29, 1.82) is 0 Å². The van der Waals surface area contributed by atoms with Crippen LogP contribution in [0.25, 0.3) is 0 Å². The molecule has 1 unspecified atom stereocenters. The van der Waals surface area contributed by atoms with Gasteiger partial charge in [0.1, 0.15) is 11.5 Å². The molecule has 9 heteroatoms. The number of thiazole rings is 1. The van der Waals surface area contributed by atoms with E-state index in [-0.39, 0.29) is 11.3 Å². The fraction of sp³-hybridized carbons (Fsp3) is 0.529. The van der Waals surface area contributed by atoms with Gasteiger partial charge in [-0.15, -0.1) is 11.3 Å². The first-order chi connectivity index (χ1) is 12.5. The fourth-order valence-electron chi connectivity index (χ4n) is 3.02. The standard InChI is InChI=1S/C17H23N5O2S2/c1-11-5-3-4-6-22(11)9-12-8-18-17(26-12)21-16(24)13-7-15(23)20-14(19-13)10-25-2/h7-8,11H,3-6,9-10H2,1-2H3,(H,18,21,24)(H,19,20,23). The summed E-state index contributed by atoms with van der Waals surface area (Å²) < 4.78 is 0. The maximum Gasteiger partial charge on any atom is 0.276 e. The molecule has 2 aromatic rings. The van der Waals surface area contributed by atoms with Gasteiger partial charge in [0.15, 0.2) is 5.13 Å². The van der Waals surface area contributed by atoms with E-state index in [1.54, 1.807) is 0 Å². The third-order valence-electron chi connectivity index (χ3n) is 4.38. The molecule has 0 bridgehead atoms. The van der Waals surface area contributed by atoms with Crippen LogP contribution in [0.15, 0.2) is 17.1 Å². The van der Waals surface area contributed by atoms with Crippen LogP contribution in [-0.4, -0.2) is 44.6 Å². The van der Waals surface area contributed by atoms with Crippen LogP contribution in [0.4, 0.5) is 5.13 Å². The number of likely N-dealkylation sites (tertiary alicyclic amines) is 1. The van der Waals surface area contributed by atoms with Crippen molar-refractivity contribution in [3.05, 3.63) is 39.0 Å². The molecule has 2 N–H and O–H groups in total. The number of amides is 1. The first-order valence-corrected chi connectivity index (χ1v) is 10.9. The minimum Gasteiger partial charge on any atom is -0.310 e. The number of hydrogen-bond acceptors (Lipinski definition) is 7. The Morgan fingerprint density at radius 2 is 2.35 bits per heavy atom. The summed E-state index contributed by atoms with van der Waals surface area (Å²) in [6.45, 7) is 4.22. The molecule has 140 valence electrons. The highest BCUT2D eigenvalue weighted by molar-refractivity contribution is 7.97. The lowest BCUT2D eigenvalue weighted by atomic mass is 10.0. The Hall–Kier alpha value is -1.71. The van der Waals surface area contributed by atoms with Gasteiger partial charge >= 0.3 is 0 Å². The lowest BCUT2D eigenvalue weighted by Crippen LogP contribution is -2.36. The van der Waals surface area contributed by atoms with E-state index in [1.165, 1.54) is 48.4 Å². The normalized spacial score (nSPS) is 18.0. The zero-order valence-corrected chi connectivity index (χ0v) is 16.6. The van der Waals surface area contributed by atoms with E-state index in [2.05, 4.69) is 32.1 Å². The van der Waals surface area contributed by atoms with Crippen LogP contribution >= 0.6 is 23.1 Å². The van der Waals surface area contributed by atoms with E-state index in [0.717, 1.165) is 18.0 Å². The summed E-state index contributed by atoms with van der Waals surface area (Å²) in [6.07, 6.45) is 7.48. The van der Waals surface area contributed by atoms with Crippen molar-refractivity contribution in [1.82, 2.24) is 19.9 Å². The highest BCUT2D eigenvalue weighted by Gasteiger charge is 2.19. The second-order valence-corrected chi connectivity index (χ2v) is 8.39. The van der Waals surface area contributed by atoms with Crippen LogP contribution in [0, 0.1) is 0 Å². The Labute approximate surface area is 160 Å². The van der Waals surface area contributed by atoms with E-state index in [1.807, 2.05) is 12.5 Å². The molecule has 0 aliphatic carbocycles. The number of thioether (sulfide) groups is 1. The van der Waals surface area contributed by atoms with Crippen molar-refractivity contribution in [2.24, 2.45) is 0 Å². The molecule has 2 aromatic heterocycles. The number of aromatic nitrogens is 3. The smallest absolute Gasteiger partial charge is 0.276 e. The third-order valence-corrected chi connectivity index (χ3v) is 5.84. The molecule has 1 aliphatic heterocycles. The van der Waals surface area contributed by atoms with Crippen LogP contribution in [0.1, 0.15) is 47.4 Å². The minimum absolute atomic E-state index is 0.110. The van der Waals surface area contributed by atoms with Gasteiger partial charge in [-0.05, 0) is 32.6 Å². The van der Waals surface area contributed by atoms with Crippen molar-refractivity contribution >= 4 is 34.1 Å². The number of nitrogens with zero attached hydrogens (tertiary/aromatic N) is 3. The average Bonchev–Trinajstić information content (AvgIpc) is 3.04. The summed E-state index contributed by atoms with van der Waals surface area (Å²) >= 11 is 3.00. The van der Waals surface area contributed by atoms with Gasteiger partial charge in [-0.1, -0.05) is 6.42 Å². The number of nitrogens with one attached hydrogen (secondary N) is 2. The van der Waals surface area contributed by atoms with Crippen LogP contribution in [-0.2, 0) is 12.3 Å². The summed E-state index contributed by atoms with van der Waals surface area (Å²) in [4.78, 5) is 38.8. The number of H-pyrrole nitrogens is 1. The first-order valence-electron chi connectivity index (χ1n) is 8.64. The van der Waals surface area contributed by atoms with E-state index in [4.69, 9.17) is 0 Å². The molecule has 1 fully saturated rings. The highest BCUT2D eigenvalue weighted by atomic mass is 32.2. The van der Waals surface area contributed by atoms with E-state index < -0.39 is 5.91 Å². The molecule has 0 saturated carbocycles. The second kappa shape index (κ2) is 8.79. The molecular weight excluding hydrogens is 370 g/mol. The van der Waals surface area contributed by atoms with Gasteiger partial charge in [0.2, 0.25) is 0 Å². The lowest BCUT2D eigenvalue weighted by molar-refractivity contribution is 0.102. The van der Waals surface area contributed by atoms with Crippen molar-refractivity contribution in [2.45, 2.75) is 44.5 Å². The van der Waals surface area contributed by atoms with Gasteiger partial charge in [-0.3, -0.25) is 19.8 Å². The Kier molecular flexibility index (Phi) is 6.44. The maximum absolute atomic E-state index is 12.4. The van der Waals surface area contributed by atoms with E-state index >= 15 is 0 Å². The minimum atomic E-state index is -0.411. The number of aromatic amines is 1. The Morgan fingerprint density at radius 3 is 3.12 bits per heavy atom. The molecule has 3 heterocycles. The van der Waals surface area contributed by atoms with Gasteiger partial charge in [0.25, 0.3) is 11.5 Å². The van der Waals surface area contributed by atoms with Gasteiger partial charge in [0, 0.05) is 29.7 Å². The van der Waals surface area contributed by atoms with E-state index in [9.17, 15) is 9.59 Å². The molecule has 3 rings (SSSR count). The number of hydrogen-bond donors (Lipinski definition) is 2. The van der Waals surface area contributed by atoms with E-state index in [0.29, 0.717) is 22.8 Å². The Morgan fingerprint density at radius 1 is 1.50 bits per heavy atom. The number of piperidine rings is 1. The molecule has 7 nitrogen and oxygen atoms in total. The topological polar surface area (TPSA) is 91.0 Å². The monoisotopic (exact) mass is 393 g/mol. The molecule has 1 atom stereocenters. The molecule has 0 aromatic carbocycles. The number of rotatable bonds is 6. The van der Waals surface area contributed by atoms with Gasteiger partial charge in [0.05, 0.1) is 5.75 Å². The molecule has 0 spiro atoms. The third kappa shape index (κ3) is 4.93. The predicted molar refractivity (Wildman–Crippen MR) is 106 cm³/mol. The largest absolute Gasteiger partial charge is 0.310 e. The summed E-state index contributed by atoms with van der Waals surface area (Å²) in [5.41, 5.74) is -0.215. The summed E-state index contributed by atoms with van der Waals surface area (Å²) in [6, 6.07) is 1.79. The molecule has 1 saturated heterocycles. The fourth-order valence-corrected chi connectivity index (χ4v) is 4.27. The van der Waals surface area contributed by atoms with Crippen LogP contribution in [0.5, 0.6) is 0 Å². The van der Waals surface area contributed by atoms with Crippen molar-refractivity contribution in [2.75, 3.05) is 18.1 Å². The predicted octanol–water partition coefficient (Wildman–Crippen LogP) is 2.72. The second-order valence-electron chi connectivity index (χ2n) is 6.41. The lowest BCUT2D eigenvalue weighted by Gasteiger charge is -2.32. The van der Waals surface area contributed by atoms with Crippen LogP contribution < -0.4 is 10.9 Å². The number of carbonyl (C=O) groups excluding carboxylic acids is 1. The maximum atomic E-state index is 12.4. The summed E-state index contributed by atoms with van der Waals surface area (Å²) in [7, 11) is 0. The zero-order chi connectivity index (χ0) is 18.5. The van der Waals surface area contributed by atoms with Gasteiger partial charge in [-0.25, -0.2) is 9.97 Å². The molecule has 1 aliphatic rings. The average molecular weight is 394 g/mol. The van der Waals surface area contributed by atoms with Crippen molar-refractivity contribution in [3.63, 3.8) is 0 Å². The first kappa shape index (κ1) is 19.1. The highest BCUT2D eigenvalue weighted by Crippen LogP contribution is 2.24. The Bertz CT molecular complexity index is 819.